The van der Waals surface area contributed by atoms with Gasteiger partial charge in [-0.1, -0.05) is 18.2 Å². The summed E-state index contributed by atoms with van der Waals surface area (Å²) >= 11 is 0. The molecule has 2 aliphatic rings. The number of fused-ring (bicyclic) bond motifs is 1. The van der Waals surface area contributed by atoms with Gasteiger partial charge in [-0.2, -0.15) is 0 Å². The third-order valence-electron chi connectivity index (χ3n) is 5.87. The number of urea groups is 1. The Hall–Kier alpha value is -3.68. The molecule has 8 nitrogen and oxygen atoms in total. The number of amides is 4. The topological polar surface area (TPSA) is 105 Å². The van der Waals surface area contributed by atoms with Gasteiger partial charge in [0.25, 0.3) is 5.91 Å². The molecule has 0 radical (unpaired) electrons. The molecule has 2 aliphatic heterocycles. The molecule has 31 heavy (non-hydrogen) atoms. The van der Waals surface area contributed by atoms with Crippen LogP contribution in [0.25, 0.3) is 0 Å². The average Bonchev–Trinajstić information content (AvgIpc) is 3.15. The fourth-order valence-electron chi connectivity index (χ4n) is 4.07. The van der Waals surface area contributed by atoms with E-state index < -0.39 is 17.5 Å². The molecule has 1 saturated heterocycles. The molecule has 2 heterocycles. The van der Waals surface area contributed by atoms with E-state index in [2.05, 4.69) is 10.6 Å². The van der Waals surface area contributed by atoms with Gasteiger partial charge in [0, 0.05) is 17.7 Å². The Morgan fingerprint density at radius 1 is 1.16 bits per heavy atom. The Bertz CT molecular complexity index is 1110. The predicted octanol–water partition coefficient (Wildman–Crippen LogP) is 2.49. The molecule has 4 rings (SSSR count). The number of carbonyl (C=O) groups is 4. The molecule has 4 amide bonds. The largest absolute Gasteiger partial charge is 0.496 e. The zero-order chi connectivity index (χ0) is 22.3. The SMILES string of the molecule is COc1ccccc1C[C@@]1(C)NC(=O)N(CC(=O)c2ccc3c(c2)[C@H](C)C(=O)N3)C1=O. The molecule has 2 aromatic carbocycles. The van der Waals surface area contributed by atoms with Gasteiger partial charge in [-0.05, 0) is 49.2 Å². The van der Waals surface area contributed by atoms with E-state index in [4.69, 9.17) is 4.74 Å². The highest BCUT2D eigenvalue weighted by Gasteiger charge is 2.48. The molecule has 1 fully saturated rings. The van der Waals surface area contributed by atoms with E-state index >= 15 is 0 Å². The molecule has 0 aromatic heterocycles. The minimum atomic E-state index is -1.19. The second-order valence-electron chi connectivity index (χ2n) is 8.08. The summed E-state index contributed by atoms with van der Waals surface area (Å²) in [6, 6.07) is 11.6. The van der Waals surface area contributed by atoms with Crippen LogP contribution in [0.5, 0.6) is 5.75 Å². The van der Waals surface area contributed by atoms with E-state index in [1.54, 1.807) is 45.2 Å². The number of methoxy groups -OCH3 is 1. The van der Waals surface area contributed by atoms with Gasteiger partial charge in [0.05, 0.1) is 19.6 Å². The number of nitrogens with zero attached hydrogens (tertiary/aromatic N) is 1. The molecular formula is C23H23N3O5. The van der Waals surface area contributed by atoms with Crippen molar-refractivity contribution in [2.45, 2.75) is 31.7 Å². The lowest BCUT2D eigenvalue weighted by Crippen LogP contribution is -2.46. The Kier molecular flexibility index (Phi) is 5.00. The minimum Gasteiger partial charge on any atom is -0.496 e. The average molecular weight is 421 g/mol. The molecule has 8 heteroatoms. The van der Waals surface area contributed by atoms with Crippen LogP contribution < -0.4 is 15.4 Å². The van der Waals surface area contributed by atoms with Gasteiger partial charge >= 0.3 is 6.03 Å². The van der Waals surface area contributed by atoms with Gasteiger partial charge < -0.3 is 15.4 Å². The highest BCUT2D eigenvalue weighted by molar-refractivity contribution is 6.11. The molecule has 160 valence electrons. The molecular weight excluding hydrogens is 398 g/mol. The van der Waals surface area contributed by atoms with E-state index in [9.17, 15) is 19.2 Å². The molecule has 0 spiro atoms. The second kappa shape index (κ2) is 7.54. The summed E-state index contributed by atoms with van der Waals surface area (Å²) in [6.07, 6.45) is 0.233. The van der Waals surface area contributed by atoms with Crippen LogP contribution in [0.2, 0.25) is 0 Å². The number of imide groups is 1. The smallest absolute Gasteiger partial charge is 0.325 e. The number of ketones is 1. The number of hydrogen-bond donors (Lipinski definition) is 2. The van der Waals surface area contributed by atoms with Gasteiger partial charge in [0.2, 0.25) is 5.91 Å². The Morgan fingerprint density at radius 2 is 1.90 bits per heavy atom. The van der Waals surface area contributed by atoms with Crippen molar-refractivity contribution < 1.29 is 23.9 Å². The van der Waals surface area contributed by atoms with Crippen molar-refractivity contribution in [1.29, 1.82) is 0 Å². The number of Topliss-reactive ketones (excluding diaryl/α,β-unsaturated/α-hetero) is 1. The van der Waals surface area contributed by atoms with Crippen molar-refractivity contribution in [3.63, 3.8) is 0 Å². The predicted molar refractivity (Wildman–Crippen MR) is 113 cm³/mol. The lowest BCUT2D eigenvalue weighted by molar-refractivity contribution is -0.130. The number of ether oxygens (including phenoxy) is 1. The fraction of sp³-hybridized carbons (Fsp3) is 0.304. The van der Waals surface area contributed by atoms with Crippen molar-refractivity contribution in [3.05, 3.63) is 59.2 Å². The highest BCUT2D eigenvalue weighted by atomic mass is 16.5. The van der Waals surface area contributed by atoms with Crippen LogP contribution in [0.1, 0.15) is 41.3 Å². The highest BCUT2D eigenvalue weighted by Crippen LogP contribution is 2.33. The van der Waals surface area contributed by atoms with Crippen LogP contribution >= 0.6 is 0 Å². The van der Waals surface area contributed by atoms with Crippen LogP contribution in [0.4, 0.5) is 10.5 Å². The maximum atomic E-state index is 13.1. The van der Waals surface area contributed by atoms with Gasteiger partial charge in [-0.25, -0.2) is 4.79 Å². The summed E-state index contributed by atoms with van der Waals surface area (Å²) in [5, 5.41) is 5.47. The summed E-state index contributed by atoms with van der Waals surface area (Å²) in [5.41, 5.74) is 1.34. The summed E-state index contributed by atoms with van der Waals surface area (Å²) < 4.78 is 5.34. The number of anilines is 1. The standard InChI is InChI=1S/C23H23N3O5/c1-13-16-10-14(8-9-17(16)24-20(13)28)18(27)12-26-21(29)23(2,25-22(26)30)11-15-6-4-5-7-19(15)31-3/h4-10,13H,11-12H2,1-3H3,(H,24,28)(H,25,30)/t13-,23+/m0/s1. The quantitative estimate of drug-likeness (QED) is 0.551. The first-order valence-corrected chi connectivity index (χ1v) is 9.97. The van der Waals surface area contributed by atoms with Crippen molar-refractivity contribution in [1.82, 2.24) is 10.2 Å². The van der Waals surface area contributed by atoms with Gasteiger partial charge in [0.1, 0.15) is 11.3 Å². The summed E-state index contributed by atoms with van der Waals surface area (Å²) in [7, 11) is 1.54. The fourth-order valence-corrected chi connectivity index (χ4v) is 4.07. The molecule has 2 atom stereocenters. The van der Waals surface area contributed by atoms with Crippen LogP contribution in [-0.4, -0.2) is 47.7 Å². The maximum Gasteiger partial charge on any atom is 0.325 e. The molecule has 0 unspecified atom stereocenters. The Labute approximate surface area is 179 Å². The number of hydrogen-bond acceptors (Lipinski definition) is 5. The van der Waals surface area contributed by atoms with Crippen molar-refractivity contribution in [3.8, 4) is 5.75 Å². The number of rotatable bonds is 6. The third kappa shape index (κ3) is 3.54. The van der Waals surface area contributed by atoms with Gasteiger partial charge in [0.15, 0.2) is 5.78 Å². The minimum absolute atomic E-state index is 0.124. The first kappa shape index (κ1) is 20.6. The van der Waals surface area contributed by atoms with Crippen LogP contribution in [0.3, 0.4) is 0 Å². The third-order valence-corrected chi connectivity index (χ3v) is 5.87. The van der Waals surface area contributed by atoms with Crippen molar-refractivity contribution in [2.24, 2.45) is 0 Å². The van der Waals surface area contributed by atoms with Crippen molar-refractivity contribution in [2.75, 3.05) is 19.0 Å². The normalized spacial score (nSPS) is 22.2. The monoisotopic (exact) mass is 421 g/mol. The first-order valence-electron chi connectivity index (χ1n) is 9.97. The number of carbonyl (C=O) groups excluding carboxylic acids is 4. The van der Waals surface area contributed by atoms with Crippen molar-refractivity contribution >= 4 is 29.3 Å². The zero-order valence-electron chi connectivity index (χ0n) is 17.5. The van der Waals surface area contributed by atoms with E-state index in [0.717, 1.165) is 16.0 Å². The van der Waals surface area contributed by atoms with E-state index in [0.29, 0.717) is 17.0 Å². The Morgan fingerprint density at radius 3 is 2.65 bits per heavy atom. The number of para-hydroxylation sites is 1. The molecule has 2 aromatic rings. The number of benzene rings is 2. The summed E-state index contributed by atoms with van der Waals surface area (Å²) in [4.78, 5) is 51.3. The summed E-state index contributed by atoms with van der Waals surface area (Å²) in [5.74, 6) is -0.706. The first-order chi connectivity index (χ1) is 14.7. The lowest BCUT2D eigenvalue weighted by atomic mass is 9.92. The zero-order valence-corrected chi connectivity index (χ0v) is 17.5. The maximum absolute atomic E-state index is 13.1. The molecule has 2 N–H and O–H groups in total. The van der Waals surface area contributed by atoms with E-state index in [1.807, 2.05) is 18.2 Å². The van der Waals surface area contributed by atoms with E-state index in [1.165, 1.54) is 0 Å². The van der Waals surface area contributed by atoms with Crippen LogP contribution in [-0.2, 0) is 16.0 Å². The van der Waals surface area contributed by atoms with Crippen LogP contribution in [0.15, 0.2) is 42.5 Å². The van der Waals surface area contributed by atoms with Gasteiger partial charge in [-0.15, -0.1) is 0 Å². The second-order valence-corrected chi connectivity index (χ2v) is 8.08. The Balaban J connectivity index is 1.52. The summed E-state index contributed by atoms with van der Waals surface area (Å²) in [6.45, 7) is 3.02. The molecule has 0 aliphatic carbocycles. The molecule has 0 saturated carbocycles. The van der Waals surface area contributed by atoms with Gasteiger partial charge in [-0.3, -0.25) is 19.3 Å². The molecule has 0 bridgehead atoms. The van der Waals surface area contributed by atoms with E-state index in [-0.39, 0.29) is 30.6 Å². The number of nitrogens with one attached hydrogen (secondary N) is 2. The lowest BCUT2D eigenvalue weighted by Gasteiger charge is -2.22. The van der Waals surface area contributed by atoms with Crippen LogP contribution in [0, 0.1) is 0 Å².